The number of alkyl halides is 3. The van der Waals surface area contributed by atoms with Crippen molar-refractivity contribution in [2.24, 2.45) is 44.8 Å². The number of fused-ring (bicyclic) bond motifs is 1. The number of carbonyl (C=O) groups is 5. The van der Waals surface area contributed by atoms with Gasteiger partial charge in [0, 0.05) is 24.9 Å². The van der Waals surface area contributed by atoms with Crippen LogP contribution in [0.15, 0.2) is 52.4 Å². The maximum atomic E-state index is 14.5. The van der Waals surface area contributed by atoms with E-state index in [4.69, 9.17) is 37.6 Å². The number of phenols is 1. The topological polar surface area (TPSA) is 336 Å². The Morgan fingerprint density at radius 3 is 1.90 bits per heavy atom. The molecular formula is C45H67F3N10O9. The Balaban J connectivity index is 0.00000203. The number of nitrogens with two attached hydrogens (primary N) is 4. The number of para-hydroxylation sites is 1. The molecule has 15 N–H and O–H groups in total. The van der Waals surface area contributed by atoms with Gasteiger partial charge in [-0.05, 0) is 86.1 Å². The maximum absolute atomic E-state index is 14.5. The van der Waals surface area contributed by atoms with Crippen molar-refractivity contribution in [1.82, 2.24) is 20.9 Å². The number of phenolic OH excluding ortho intramolecular Hbond substituents is 1. The van der Waals surface area contributed by atoms with Gasteiger partial charge in [-0.1, -0.05) is 71.2 Å². The first-order valence-corrected chi connectivity index (χ1v) is 22.1. The molecule has 3 rings (SSSR count). The Morgan fingerprint density at radius 2 is 1.36 bits per heavy atom. The molecule has 0 bridgehead atoms. The van der Waals surface area contributed by atoms with Crippen LogP contribution in [0.4, 0.5) is 13.2 Å². The number of carboxylic acids is 2. The highest BCUT2D eigenvalue weighted by Crippen LogP contribution is 2.32. The summed E-state index contributed by atoms with van der Waals surface area (Å²) in [6.45, 7) is 8.86. The van der Waals surface area contributed by atoms with Gasteiger partial charge in [0.1, 0.15) is 35.3 Å². The van der Waals surface area contributed by atoms with E-state index in [1.54, 1.807) is 19.1 Å². The molecule has 19 nitrogen and oxygen atoms in total. The number of aromatic hydroxyl groups is 1. The number of unbranched alkanes of at least 4 members (excludes halogenated alkanes) is 5. The Bertz CT molecular complexity index is 2120. The van der Waals surface area contributed by atoms with Crippen LogP contribution < -0.4 is 43.6 Å². The summed E-state index contributed by atoms with van der Waals surface area (Å²) in [6, 6.07) is 8.52. The zero-order chi connectivity index (χ0) is 50.3. The molecule has 67 heavy (non-hydrogen) atoms. The molecule has 0 saturated heterocycles. The SMILES string of the molecule is CC[C@H](C)[C@H](NC(=O)[C@H](Cc1ccc(O)cc1)NC(=O)c1[nH]c2c(OCCCCCN=C(N)N)cccc2c1CCCCCCN=C(N)N)C(=O)N[C@@H](CC(C)C)C(=O)O.O=C(O)C(F)(F)F. The Kier molecular flexibility index (Phi) is 23.8. The Morgan fingerprint density at radius 1 is 0.776 bits per heavy atom. The van der Waals surface area contributed by atoms with E-state index in [0.29, 0.717) is 49.4 Å². The molecule has 0 aliphatic heterocycles. The number of ether oxygens (including phenoxy) is 1. The summed E-state index contributed by atoms with van der Waals surface area (Å²) < 4.78 is 38.0. The van der Waals surface area contributed by atoms with Crippen LogP contribution in [0, 0.1) is 11.8 Å². The van der Waals surface area contributed by atoms with Gasteiger partial charge >= 0.3 is 18.1 Å². The molecule has 1 heterocycles. The molecule has 0 aliphatic rings. The van der Waals surface area contributed by atoms with Crippen LogP contribution in [0.1, 0.15) is 107 Å². The Labute approximate surface area is 387 Å². The molecule has 0 spiro atoms. The van der Waals surface area contributed by atoms with E-state index in [1.807, 2.05) is 39.0 Å². The third kappa shape index (κ3) is 20.5. The number of halogens is 3. The number of nitrogens with one attached hydrogen (secondary N) is 4. The summed E-state index contributed by atoms with van der Waals surface area (Å²) in [5.41, 5.74) is 24.1. The first-order valence-electron chi connectivity index (χ1n) is 22.1. The third-order valence-electron chi connectivity index (χ3n) is 10.5. The largest absolute Gasteiger partial charge is 0.508 e. The fourth-order valence-electron chi connectivity index (χ4n) is 6.79. The van der Waals surface area contributed by atoms with Crippen molar-refractivity contribution in [2.75, 3.05) is 19.7 Å². The molecule has 0 radical (unpaired) electrons. The molecule has 2 aromatic carbocycles. The third-order valence-corrected chi connectivity index (χ3v) is 10.5. The molecule has 4 atom stereocenters. The minimum Gasteiger partial charge on any atom is -0.508 e. The van der Waals surface area contributed by atoms with Crippen LogP contribution in [0.5, 0.6) is 11.5 Å². The van der Waals surface area contributed by atoms with E-state index in [9.17, 15) is 42.6 Å². The lowest BCUT2D eigenvalue weighted by atomic mass is 9.96. The highest BCUT2D eigenvalue weighted by atomic mass is 19.4. The van der Waals surface area contributed by atoms with Crippen molar-refractivity contribution in [3.63, 3.8) is 0 Å². The highest BCUT2D eigenvalue weighted by Gasteiger charge is 2.38. The van der Waals surface area contributed by atoms with Crippen molar-refractivity contribution in [3.8, 4) is 11.5 Å². The van der Waals surface area contributed by atoms with E-state index >= 15 is 0 Å². The minimum atomic E-state index is -5.08. The predicted octanol–water partition coefficient (Wildman–Crippen LogP) is 4.19. The fraction of sp³-hybridized carbons (Fsp3) is 0.533. The monoisotopic (exact) mass is 949 g/mol. The minimum absolute atomic E-state index is 0.00563. The normalized spacial score (nSPS) is 13.0. The van der Waals surface area contributed by atoms with Gasteiger partial charge in [0.05, 0.1) is 12.1 Å². The molecule has 22 heteroatoms. The molecule has 0 aliphatic carbocycles. The molecule has 372 valence electrons. The van der Waals surface area contributed by atoms with E-state index in [2.05, 4.69) is 30.9 Å². The van der Waals surface area contributed by atoms with Crippen LogP contribution in [0.2, 0.25) is 0 Å². The number of hydrogen-bond donors (Lipinski definition) is 11. The van der Waals surface area contributed by atoms with Gasteiger partial charge < -0.3 is 63.9 Å². The molecular weight excluding hydrogens is 882 g/mol. The number of carboxylic acid groups (broad SMARTS) is 2. The number of H-pyrrole nitrogens is 1. The standard InChI is InChI=1S/C43H66N10O7.C2HF3O2/c1-5-27(4)35(39(56)51-33(41(58)59)24-26(2)3)53-38(55)32(25-28-17-19-29(54)20-18-28)50-40(57)37-31(14-9-6-7-10-21-48-42(44)45)30-15-13-16-34(36(30)52-37)60-23-12-8-11-22-49-43(46)47;3-2(4,5)1(6)7/h13,15-20,26-27,32-33,35,52,54H,5-12,14,21-25H2,1-4H3,(H,50,57)(H,51,56)(H,53,55)(H,58,59)(H4,44,45,48)(H4,46,47,49);(H,6,7)/t27-,32-,33-,35-;/m0./s1. The summed E-state index contributed by atoms with van der Waals surface area (Å²) in [6.07, 6.45) is 1.91. The van der Waals surface area contributed by atoms with Crippen LogP contribution in [-0.4, -0.2) is 106 Å². The smallest absolute Gasteiger partial charge is 0.490 e. The van der Waals surface area contributed by atoms with Crippen molar-refractivity contribution in [2.45, 2.75) is 123 Å². The van der Waals surface area contributed by atoms with Gasteiger partial charge in [0.2, 0.25) is 11.8 Å². The number of aliphatic imine (C=N–C) groups is 2. The number of aliphatic carboxylic acids is 2. The molecule has 0 saturated carbocycles. The lowest BCUT2D eigenvalue weighted by Gasteiger charge is -2.28. The lowest BCUT2D eigenvalue weighted by molar-refractivity contribution is -0.192. The van der Waals surface area contributed by atoms with Gasteiger partial charge in [-0.2, -0.15) is 13.2 Å². The number of rotatable bonds is 27. The number of aromatic nitrogens is 1. The summed E-state index contributed by atoms with van der Waals surface area (Å²) in [4.78, 5) is 74.7. The second-order valence-corrected chi connectivity index (χ2v) is 16.4. The number of guanidine groups is 2. The Hall–Kier alpha value is -6.74. The molecule has 3 aromatic rings. The first-order chi connectivity index (χ1) is 31.5. The summed E-state index contributed by atoms with van der Waals surface area (Å²) >= 11 is 0. The summed E-state index contributed by atoms with van der Waals surface area (Å²) in [7, 11) is 0. The van der Waals surface area contributed by atoms with Crippen LogP contribution in [-0.2, 0) is 32.0 Å². The van der Waals surface area contributed by atoms with E-state index in [0.717, 1.165) is 55.9 Å². The van der Waals surface area contributed by atoms with Crippen LogP contribution >= 0.6 is 0 Å². The van der Waals surface area contributed by atoms with Gasteiger partial charge in [0.25, 0.3) is 5.91 Å². The number of benzene rings is 2. The van der Waals surface area contributed by atoms with Crippen LogP contribution in [0.3, 0.4) is 0 Å². The summed E-state index contributed by atoms with van der Waals surface area (Å²) in [5, 5.41) is 36.1. The molecule has 0 fully saturated rings. The quantitative estimate of drug-likeness (QED) is 0.0290. The second kappa shape index (κ2) is 28.3. The number of nitrogens with zero attached hydrogens (tertiary/aromatic N) is 2. The van der Waals surface area contributed by atoms with Crippen molar-refractivity contribution in [1.29, 1.82) is 0 Å². The van der Waals surface area contributed by atoms with Gasteiger partial charge in [0.15, 0.2) is 11.9 Å². The number of hydrogen-bond acceptors (Lipinski definition) is 9. The second-order valence-electron chi connectivity index (χ2n) is 16.4. The highest BCUT2D eigenvalue weighted by molar-refractivity contribution is 6.04. The number of amides is 3. The lowest BCUT2D eigenvalue weighted by Crippen LogP contribution is -2.58. The van der Waals surface area contributed by atoms with Gasteiger partial charge in [-0.25, -0.2) is 9.59 Å². The predicted molar refractivity (Wildman–Crippen MR) is 248 cm³/mol. The molecule has 0 unspecified atom stereocenters. The zero-order valence-electron chi connectivity index (χ0n) is 38.5. The van der Waals surface area contributed by atoms with Crippen LogP contribution in [0.25, 0.3) is 10.9 Å². The first kappa shape index (κ1) is 56.4. The van der Waals surface area contributed by atoms with E-state index in [-0.39, 0.29) is 48.0 Å². The van der Waals surface area contributed by atoms with E-state index < -0.39 is 54.0 Å². The zero-order valence-corrected chi connectivity index (χ0v) is 38.5. The number of aryl methyl sites for hydroxylation is 1. The van der Waals surface area contributed by atoms with Crippen molar-refractivity contribution >= 4 is 52.5 Å². The van der Waals surface area contributed by atoms with Crippen molar-refractivity contribution in [3.05, 3.63) is 59.3 Å². The molecule has 3 amide bonds. The van der Waals surface area contributed by atoms with E-state index in [1.165, 1.54) is 12.1 Å². The van der Waals surface area contributed by atoms with Crippen molar-refractivity contribution < 1.29 is 57.2 Å². The van der Waals surface area contributed by atoms with Gasteiger partial charge in [-0.15, -0.1) is 0 Å². The average Bonchev–Trinajstić information content (AvgIpc) is 3.63. The number of aromatic amines is 1. The summed E-state index contributed by atoms with van der Waals surface area (Å²) in [5.74, 6) is -5.37. The molecule has 1 aromatic heterocycles. The van der Waals surface area contributed by atoms with Gasteiger partial charge in [-0.3, -0.25) is 24.4 Å². The average molecular weight is 949 g/mol. The maximum Gasteiger partial charge on any atom is 0.490 e. The fourth-order valence-corrected chi connectivity index (χ4v) is 6.79. The number of carbonyl (C=O) groups excluding carboxylic acids is 3.